The quantitative estimate of drug-likeness (QED) is 0.477. The van der Waals surface area contributed by atoms with Crippen LogP contribution in [-0.2, 0) is 4.79 Å². The molecule has 1 aliphatic carbocycles. The van der Waals surface area contributed by atoms with Gasteiger partial charge in [0, 0.05) is 12.0 Å². The number of nitro benzene ring substituents is 1. The summed E-state index contributed by atoms with van der Waals surface area (Å²) in [6, 6.07) is 4.68. The Labute approximate surface area is 136 Å². The Kier molecular flexibility index (Phi) is 4.28. The van der Waals surface area contributed by atoms with Crippen molar-refractivity contribution >= 4 is 29.0 Å². The first-order valence-electron chi connectivity index (χ1n) is 7.13. The highest BCUT2D eigenvalue weighted by atomic mass is 32.2. The van der Waals surface area contributed by atoms with Crippen LogP contribution in [0.4, 0.5) is 11.4 Å². The Morgan fingerprint density at radius 1 is 1.52 bits per heavy atom. The highest BCUT2D eigenvalue weighted by Crippen LogP contribution is 2.38. The van der Waals surface area contributed by atoms with Crippen LogP contribution in [0.3, 0.4) is 0 Å². The zero-order valence-corrected chi connectivity index (χ0v) is 13.2. The third kappa shape index (κ3) is 3.86. The number of nitrogens with zero attached hydrogens (tertiary/aromatic N) is 3. The summed E-state index contributed by atoms with van der Waals surface area (Å²) in [6.45, 7) is 1.76. The molecule has 1 saturated carbocycles. The molecule has 0 saturated heterocycles. The molecule has 8 nitrogen and oxygen atoms in total. The third-order valence-corrected chi connectivity index (χ3v) is 4.25. The van der Waals surface area contributed by atoms with Gasteiger partial charge in [-0.05, 0) is 31.4 Å². The van der Waals surface area contributed by atoms with E-state index >= 15 is 0 Å². The van der Waals surface area contributed by atoms with Crippen molar-refractivity contribution in [2.45, 2.75) is 30.8 Å². The number of amides is 1. The first kappa shape index (κ1) is 15.5. The second-order valence-electron chi connectivity index (χ2n) is 5.39. The molecule has 0 aliphatic heterocycles. The minimum absolute atomic E-state index is 0.0903. The van der Waals surface area contributed by atoms with E-state index < -0.39 is 4.92 Å². The van der Waals surface area contributed by atoms with Gasteiger partial charge in [-0.1, -0.05) is 17.8 Å². The average molecular weight is 333 g/mol. The number of anilines is 1. The standard InChI is InChI=1S/C14H15N5O3S/c1-8-2-5-10(11(6-8)19(21)22)15-12(20)7-23-14-16-13(17-18-14)9-3-4-9/h2,5-6,9H,3-4,7H2,1H3,(H,15,20)(H,16,17,18). The van der Waals surface area contributed by atoms with Gasteiger partial charge < -0.3 is 5.32 Å². The van der Waals surface area contributed by atoms with E-state index in [2.05, 4.69) is 20.5 Å². The second kappa shape index (κ2) is 6.37. The van der Waals surface area contributed by atoms with Crippen molar-refractivity contribution in [3.8, 4) is 0 Å². The van der Waals surface area contributed by atoms with Gasteiger partial charge in [0.15, 0.2) is 0 Å². The van der Waals surface area contributed by atoms with E-state index in [1.54, 1.807) is 13.0 Å². The predicted molar refractivity (Wildman–Crippen MR) is 85.5 cm³/mol. The monoisotopic (exact) mass is 333 g/mol. The van der Waals surface area contributed by atoms with E-state index in [1.807, 2.05) is 0 Å². The van der Waals surface area contributed by atoms with Crippen molar-refractivity contribution in [1.29, 1.82) is 0 Å². The summed E-state index contributed by atoms with van der Waals surface area (Å²) < 4.78 is 0. The summed E-state index contributed by atoms with van der Waals surface area (Å²) in [5, 5.41) is 21.0. The number of carbonyl (C=O) groups excluding carboxylic acids is 1. The Balaban J connectivity index is 1.59. The lowest BCUT2D eigenvalue weighted by Gasteiger charge is -2.05. The van der Waals surface area contributed by atoms with E-state index in [1.165, 1.54) is 23.9 Å². The number of benzene rings is 1. The van der Waals surface area contributed by atoms with Gasteiger partial charge in [0.1, 0.15) is 11.5 Å². The molecule has 1 fully saturated rings. The number of hydrogen-bond donors (Lipinski definition) is 2. The van der Waals surface area contributed by atoms with E-state index in [4.69, 9.17) is 0 Å². The summed E-state index contributed by atoms with van der Waals surface area (Å²) in [4.78, 5) is 26.8. The van der Waals surface area contributed by atoms with Gasteiger partial charge in [0.05, 0.1) is 10.7 Å². The van der Waals surface area contributed by atoms with Gasteiger partial charge in [-0.2, -0.15) is 0 Å². The summed E-state index contributed by atoms with van der Waals surface area (Å²) in [5.74, 6) is 1.09. The zero-order valence-electron chi connectivity index (χ0n) is 12.4. The largest absolute Gasteiger partial charge is 0.320 e. The maximum absolute atomic E-state index is 12.0. The molecule has 3 rings (SSSR count). The van der Waals surface area contributed by atoms with Gasteiger partial charge in [0.25, 0.3) is 5.69 Å². The van der Waals surface area contributed by atoms with Crippen molar-refractivity contribution in [2.24, 2.45) is 0 Å². The molecule has 120 valence electrons. The number of aromatic amines is 1. The van der Waals surface area contributed by atoms with E-state index in [9.17, 15) is 14.9 Å². The van der Waals surface area contributed by atoms with Crippen molar-refractivity contribution < 1.29 is 9.72 Å². The smallest absolute Gasteiger partial charge is 0.293 e. The zero-order chi connectivity index (χ0) is 16.4. The van der Waals surface area contributed by atoms with Crippen LogP contribution in [0, 0.1) is 17.0 Å². The number of aryl methyl sites for hydroxylation is 1. The molecule has 23 heavy (non-hydrogen) atoms. The summed E-state index contributed by atoms with van der Waals surface area (Å²) in [6.07, 6.45) is 2.24. The number of aromatic nitrogens is 3. The van der Waals surface area contributed by atoms with Crippen LogP contribution in [-0.4, -0.2) is 31.8 Å². The van der Waals surface area contributed by atoms with Gasteiger partial charge in [0.2, 0.25) is 11.1 Å². The normalized spacial score (nSPS) is 13.8. The first-order valence-corrected chi connectivity index (χ1v) is 8.11. The molecule has 1 aromatic heterocycles. The Morgan fingerprint density at radius 2 is 2.30 bits per heavy atom. The molecule has 1 heterocycles. The van der Waals surface area contributed by atoms with Gasteiger partial charge in [-0.15, -0.1) is 5.10 Å². The molecule has 1 aromatic carbocycles. The minimum Gasteiger partial charge on any atom is -0.320 e. The van der Waals surface area contributed by atoms with Crippen molar-refractivity contribution in [2.75, 3.05) is 11.1 Å². The predicted octanol–water partition coefficient (Wildman–Crippen LogP) is 2.63. The van der Waals surface area contributed by atoms with Crippen molar-refractivity contribution in [1.82, 2.24) is 15.2 Å². The van der Waals surface area contributed by atoms with Crippen LogP contribution in [0.5, 0.6) is 0 Å². The number of rotatable bonds is 6. The highest BCUT2D eigenvalue weighted by molar-refractivity contribution is 7.99. The molecule has 0 unspecified atom stereocenters. The van der Waals surface area contributed by atoms with E-state index in [0.29, 0.717) is 11.1 Å². The molecule has 0 radical (unpaired) electrons. The number of nitro groups is 1. The Morgan fingerprint density at radius 3 is 3.00 bits per heavy atom. The van der Waals surface area contributed by atoms with Crippen LogP contribution >= 0.6 is 11.8 Å². The molecule has 2 N–H and O–H groups in total. The molecular formula is C14H15N5O3S. The third-order valence-electron chi connectivity index (χ3n) is 3.40. The van der Waals surface area contributed by atoms with Crippen molar-refractivity contribution in [3.05, 3.63) is 39.7 Å². The Bertz CT molecular complexity index is 757. The minimum atomic E-state index is -0.507. The lowest BCUT2D eigenvalue weighted by molar-refractivity contribution is -0.384. The molecule has 1 aliphatic rings. The molecule has 0 bridgehead atoms. The van der Waals surface area contributed by atoms with Crippen molar-refractivity contribution in [3.63, 3.8) is 0 Å². The molecule has 1 amide bonds. The topological polar surface area (TPSA) is 114 Å². The number of H-pyrrole nitrogens is 1. The van der Waals surface area contributed by atoms with Gasteiger partial charge >= 0.3 is 0 Å². The Hall–Kier alpha value is -2.42. The summed E-state index contributed by atoms with van der Waals surface area (Å²) in [5.41, 5.74) is 0.842. The molecule has 2 aromatic rings. The van der Waals surface area contributed by atoms with E-state index in [0.717, 1.165) is 24.2 Å². The fourth-order valence-electron chi connectivity index (χ4n) is 2.08. The maximum atomic E-state index is 12.0. The maximum Gasteiger partial charge on any atom is 0.293 e. The molecule has 9 heteroatoms. The van der Waals surface area contributed by atoms with Crippen LogP contribution in [0.1, 0.15) is 30.1 Å². The first-order chi connectivity index (χ1) is 11.0. The number of hydrogen-bond acceptors (Lipinski definition) is 6. The van der Waals surface area contributed by atoms with Crippen LogP contribution in [0.2, 0.25) is 0 Å². The molecule has 0 atom stereocenters. The highest BCUT2D eigenvalue weighted by Gasteiger charge is 2.27. The molecule has 0 spiro atoms. The summed E-state index contributed by atoms with van der Waals surface area (Å²) in [7, 11) is 0. The lowest BCUT2D eigenvalue weighted by Crippen LogP contribution is -2.15. The van der Waals surface area contributed by atoms with Gasteiger partial charge in [-0.3, -0.25) is 20.0 Å². The number of nitrogens with one attached hydrogen (secondary N) is 2. The SMILES string of the molecule is Cc1ccc(NC(=O)CSc2n[nH]c(C3CC3)n2)c([N+](=O)[O-])c1. The lowest BCUT2D eigenvalue weighted by atomic mass is 10.2. The number of thioether (sulfide) groups is 1. The summed E-state index contributed by atoms with van der Waals surface area (Å²) >= 11 is 1.20. The fraction of sp³-hybridized carbons (Fsp3) is 0.357. The second-order valence-corrected chi connectivity index (χ2v) is 6.33. The van der Waals surface area contributed by atoms with Gasteiger partial charge in [-0.25, -0.2) is 4.98 Å². The van der Waals surface area contributed by atoms with Crippen LogP contribution in [0.15, 0.2) is 23.4 Å². The van der Waals surface area contributed by atoms with E-state index in [-0.39, 0.29) is 23.0 Å². The number of carbonyl (C=O) groups is 1. The fourth-order valence-corrected chi connectivity index (χ4v) is 2.68. The van der Waals surface area contributed by atoms with Crippen LogP contribution in [0.25, 0.3) is 0 Å². The average Bonchev–Trinajstić information content (AvgIpc) is 3.26. The van der Waals surface area contributed by atoms with Crippen LogP contribution < -0.4 is 5.32 Å². The molecular weight excluding hydrogens is 318 g/mol.